The predicted octanol–water partition coefficient (Wildman–Crippen LogP) is 4.94. The standard InChI is InChI=1S/C22H23ClFN7O/c1-14-6-4-5-11-31(14)22-28-20(26-18-8-3-2-7-17(18)24)27-21(29-22)30-25-13-15-12-16(23)9-10-19(15)32/h2-3,7-10,12-14,32H,4-6,11H2,1H3,(H2,26,27,28,29,30)/b25-13-/t14-/m0/s1. The van der Waals surface area contributed by atoms with Crippen LogP contribution in [0.15, 0.2) is 47.6 Å². The van der Waals surface area contributed by atoms with Crippen LogP contribution in [0.1, 0.15) is 31.7 Å². The SMILES string of the molecule is C[C@H]1CCCCN1c1nc(N/N=C\c2cc(Cl)ccc2O)nc(Nc2ccccc2F)n1. The third-order valence-corrected chi connectivity index (χ3v) is 5.40. The summed E-state index contributed by atoms with van der Waals surface area (Å²) in [5, 5.41) is 17.4. The Bertz CT molecular complexity index is 1130. The molecule has 1 aliphatic heterocycles. The van der Waals surface area contributed by atoms with E-state index in [1.807, 2.05) is 0 Å². The number of phenolic OH excluding ortho intramolecular Hbond substituents is 1. The molecule has 32 heavy (non-hydrogen) atoms. The van der Waals surface area contributed by atoms with Crippen LogP contribution >= 0.6 is 11.6 Å². The number of nitrogens with one attached hydrogen (secondary N) is 2. The highest BCUT2D eigenvalue weighted by Gasteiger charge is 2.22. The van der Waals surface area contributed by atoms with E-state index < -0.39 is 5.82 Å². The van der Waals surface area contributed by atoms with Crippen LogP contribution in [0.3, 0.4) is 0 Å². The number of aromatic hydroxyl groups is 1. The van der Waals surface area contributed by atoms with Gasteiger partial charge >= 0.3 is 0 Å². The molecular weight excluding hydrogens is 433 g/mol. The molecule has 0 amide bonds. The Hall–Kier alpha value is -3.46. The lowest BCUT2D eigenvalue weighted by molar-refractivity contribution is 0.474. The smallest absolute Gasteiger partial charge is 0.250 e. The summed E-state index contributed by atoms with van der Waals surface area (Å²) in [6, 6.07) is 11.2. The first-order chi connectivity index (χ1) is 15.5. The summed E-state index contributed by atoms with van der Waals surface area (Å²) in [5.41, 5.74) is 3.47. The van der Waals surface area contributed by atoms with Gasteiger partial charge in [0.05, 0.1) is 11.9 Å². The monoisotopic (exact) mass is 455 g/mol. The van der Waals surface area contributed by atoms with Gasteiger partial charge in [-0.3, -0.25) is 0 Å². The van der Waals surface area contributed by atoms with Crippen molar-refractivity contribution >= 4 is 41.3 Å². The van der Waals surface area contributed by atoms with E-state index in [9.17, 15) is 9.50 Å². The van der Waals surface area contributed by atoms with Crippen molar-refractivity contribution in [1.82, 2.24) is 15.0 Å². The number of rotatable bonds is 6. The third kappa shape index (κ3) is 5.23. The van der Waals surface area contributed by atoms with Crippen molar-refractivity contribution in [2.75, 3.05) is 22.2 Å². The van der Waals surface area contributed by atoms with Crippen LogP contribution in [0.25, 0.3) is 0 Å². The molecule has 1 aromatic heterocycles. The highest BCUT2D eigenvalue weighted by molar-refractivity contribution is 6.30. The quantitative estimate of drug-likeness (QED) is 0.357. The zero-order valence-corrected chi connectivity index (χ0v) is 18.2. The zero-order chi connectivity index (χ0) is 22.5. The van der Waals surface area contributed by atoms with E-state index in [-0.39, 0.29) is 29.4 Å². The van der Waals surface area contributed by atoms with E-state index in [1.165, 1.54) is 18.3 Å². The van der Waals surface area contributed by atoms with Gasteiger partial charge in [0.2, 0.25) is 17.8 Å². The molecular formula is C22H23ClFN7O. The van der Waals surface area contributed by atoms with E-state index in [0.717, 1.165) is 25.8 Å². The van der Waals surface area contributed by atoms with Gasteiger partial charge in [0.25, 0.3) is 0 Å². The number of phenols is 1. The van der Waals surface area contributed by atoms with Gasteiger partial charge in [-0.15, -0.1) is 0 Å². The number of anilines is 4. The Morgan fingerprint density at radius 3 is 2.78 bits per heavy atom. The van der Waals surface area contributed by atoms with E-state index in [0.29, 0.717) is 16.5 Å². The summed E-state index contributed by atoms with van der Waals surface area (Å²) in [5.74, 6) is 0.491. The maximum atomic E-state index is 14.1. The molecule has 1 fully saturated rings. The minimum absolute atomic E-state index is 0.0420. The molecule has 8 nitrogen and oxygen atoms in total. The number of benzene rings is 2. The number of halogens is 2. The van der Waals surface area contributed by atoms with Crippen LogP contribution in [-0.4, -0.2) is 38.9 Å². The fraction of sp³-hybridized carbons (Fsp3) is 0.273. The van der Waals surface area contributed by atoms with Crippen LogP contribution < -0.4 is 15.6 Å². The van der Waals surface area contributed by atoms with Crippen molar-refractivity contribution in [3.05, 3.63) is 58.9 Å². The van der Waals surface area contributed by atoms with Gasteiger partial charge in [0, 0.05) is 23.2 Å². The van der Waals surface area contributed by atoms with Crippen molar-refractivity contribution in [3.8, 4) is 5.75 Å². The van der Waals surface area contributed by atoms with Crippen molar-refractivity contribution < 1.29 is 9.50 Å². The minimum atomic E-state index is -0.412. The molecule has 0 saturated carbocycles. The zero-order valence-electron chi connectivity index (χ0n) is 17.5. The van der Waals surface area contributed by atoms with Gasteiger partial charge in [-0.25, -0.2) is 9.82 Å². The van der Waals surface area contributed by atoms with Crippen LogP contribution in [-0.2, 0) is 0 Å². The van der Waals surface area contributed by atoms with E-state index in [2.05, 4.69) is 42.6 Å². The van der Waals surface area contributed by atoms with Gasteiger partial charge in [0.15, 0.2) is 0 Å². The van der Waals surface area contributed by atoms with Gasteiger partial charge in [0.1, 0.15) is 11.6 Å². The Morgan fingerprint density at radius 1 is 1.16 bits per heavy atom. The number of aromatic nitrogens is 3. The molecule has 3 N–H and O–H groups in total. The summed E-state index contributed by atoms with van der Waals surface area (Å²) in [7, 11) is 0. The Morgan fingerprint density at radius 2 is 1.97 bits per heavy atom. The summed E-state index contributed by atoms with van der Waals surface area (Å²) in [6.45, 7) is 2.95. The molecule has 0 radical (unpaired) electrons. The molecule has 166 valence electrons. The van der Waals surface area contributed by atoms with E-state index in [4.69, 9.17) is 11.6 Å². The second kappa shape index (κ2) is 9.78. The second-order valence-corrected chi connectivity index (χ2v) is 7.94. The Kier molecular flexibility index (Phi) is 6.65. The topological polar surface area (TPSA) is 98.6 Å². The van der Waals surface area contributed by atoms with Crippen molar-refractivity contribution in [1.29, 1.82) is 0 Å². The molecule has 3 aromatic rings. The molecule has 0 spiro atoms. The van der Waals surface area contributed by atoms with E-state index in [1.54, 1.807) is 30.3 Å². The Labute approximate surface area is 190 Å². The fourth-order valence-corrected chi connectivity index (χ4v) is 3.65. The maximum absolute atomic E-state index is 14.1. The molecule has 1 atom stereocenters. The Balaban J connectivity index is 1.62. The number of hydrogen-bond acceptors (Lipinski definition) is 8. The first-order valence-corrected chi connectivity index (χ1v) is 10.7. The van der Waals surface area contributed by atoms with E-state index >= 15 is 0 Å². The van der Waals surface area contributed by atoms with Crippen molar-refractivity contribution in [2.45, 2.75) is 32.2 Å². The summed E-state index contributed by atoms with van der Waals surface area (Å²) in [4.78, 5) is 15.4. The summed E-state index contributed by atoms with van der Waals surface area (Å²) >= 11 is 5.97. The van der Waals surface area contributed by atoms with Crippen LogP contribution in [0.2, 0.25) is 5.02 Å². The highest BCUT2D eigenvalue weighted by Crippen LogP contribution is 2.25. The molecule has 4 rings (SSSR count). The van der Waals surface area contributed by atoms with Gasteiger partial charge < -0.3 is 15.3 Å². The summed E-state index contributed by atoms with van der Waals surface area (Å²) in [6.07, 6.45) is 4.65. The second-order valence-electron chi connectivity index (χ2n) is 7.50. The van der Waals surface area contributed by atoms with Gasteiger partial charge in [-0.1, -0.05) is 23.7 Å². The number of nitrogens with zero attached hydrogens (tertiary/aromatic N) is 5. The largest absolute Gasteiger partial charge is 0.507 e. The average molecular weight is 456 g/mol. The van der Waals surface area contributed by atoms with Gasteiger partial charge in [-0.2, -0.15) is 20.1 Å². The fourth-order valence-electron chi connectivity index (χ4n) is 3.47. The first kappa shape index (κ1) is 21.8. The lowest BCUT2D eigenvalue weighted by atomic mass is 10.0. The number of para-hydroxylation sites is 1. The average Bonchev–Trinajstić information content (AvgIpc) is 2.78. The van der Waals surface area contributed by atoms with Crippen molar-refractivity contribution in [2.24, 2.45) is 5.10 Å². The third-order valence-electron chi connectivity index (χ3n) is 5.16. The first-order valence-electron chi connectivity index (χ1n) is 10.3. The van der Waals surface area contributed by atoms with Crippen LogP contribution in [0.5, 0.6) is 5.75 Å². The lowest BCUT2D eigenvalue weighted by Gasteiger charge is -2.33. The van der Waals surface area contributed by atoms with Gasteiger partial charge in [-0.05, 0) is 56.5 Å². The predicted molar refractivity (Wildman–Crippen MR) is 125 cm³/mol. The van der Waals surface area contributed by atoms with Crippen LogP contribution in [0.4, 0.5) is 27.9 Å². The maximum Gasteiger partial charge on any atom is 0.250 e. The molecule has 2 aromatic carbocycles. The number of hydrazone groups is 1. The summed E-state index contributed by atoms with van der Waals surface area (Å²) < 4.78 is 14.1. The molecule has 0 bridgehead atoms. The number of hydrogen-bond donors (Lipinski definition) is 3. The molecule has 1 saturated heterocycles. The minimum Gasteiger partial charge on any atom is -0.507 e. The van der Waals surface area contributed by atoms with Crippen molar-refractivity contribution in [3.63, 3.8) is 0 Å². The molecule has 2 heterocycles. The molecule has 10 heteroatoms. The number of piperidine rings is 1. The molecule has 0 unspecified atom stereocenters. The molecule has 1 aliphatic rings. The van der Waals surface area contributed by atoms with Crippen LogP contribution in [0, 0.1) is 5.82 Å². The normalized spacial score (nSPS) is 16.3. The lowest BCUT2D eigenvalue weighted by Crippen LogP contribution is -2.38. The highest BCUT2D eigenvalue weighted by atomic mass is 35.5. The molecule has 0 aliphatic carbocycles.